The molecule has 1 aromatic carbocycles. The molecule has 0 radical (unpaired) electrons. The normalized spacial score (nSPS) is 10.7. The monoisotopic (exact) mass is 333 g/mol. The highest BCUT2D eigenvalue weighted by Crippen LogP contribution is 2.31. The quantitative estimate of drug-likeness (QED) is 0.829. The van der Waals surface area contributed by atoms with Crippen molar-refractivity contribution in [1.29, 1.82) is 0 Å². The molecule has 2 aromatic rings. The summed E-state index contributed by atoms with van der Waals surface area (Å²) in [7, 11) is 0. The number of rotatable bonds is 4. The molecule has 2 rings (SSSR count). The first-order chi connectivity index (χ1) is 9.44. The smallest absolute Gasteiger partial charge is 0.329 e. The second-order valence-electron chi connectivity index (χ2n) is 4.01. The van der Waals surface area contributed by atoms with Gasteiger partial charge in [0.1, 0.15) is 0 Å². The Morgan fingerprint density at radius 3 is 2.40 bits per heavy atom. The molecular formula is C12H10Cl3N3O2. The van der Waals surface area contributed by atoms with Crippen LogP contribution in [-0.2, 0) is 0 Å². The first-order valence-corrected chi connectivity index (χ1v) is 6.78. The molecule has 0 aliphatic heterocycles. The standard InChI is InChI=1S/C12H10Cl3N3O2/c1-6(2)19-11-16-10(15)17-12(18-11)20-9-5-7(13)3-4-8(9)14/h3-6H,1-2H3. The van der Waals surface area contributed by atoms with Crippen LogP contribution in [0.2, 0.25) is 15.3 Å². The lowest BCUT2D eigenvalue weighted by Crippen LogP contribution is -2.09. The molecule has 1 aromatic heterocycles. The van der Waals surface area contributed by atoms with Crippen molar-refractivity contribution < 1.29 is 9.47 Å². The highest BCUT2D eigenvalue weighted by Gasteiger charge is 2.11. The van der Waals surface area contributed by atoms with E-state index in [1.807, 2.05) is 13.8 Å². The lowest BCUT2D eigenvalue weighted by Gasteiger charge is -2.10. The molecule has 0 saturated heterocycles. The van der Waals surface area contributed by atoms with Crippen LogP contribution in [0.4, 0.5) is 0 Å². The van der Waals surface area contributed by atoms with Crippen LogP contribution < -0.4 is 9.47 Å². The fourth-order valence-corrected chi connectivity index (χ4v) is 1.74. The minimum atomic E-state index is -0.101. The van der Waals surface area contributed by atoms with Crippen molar-refractivity contribution in [3.05, 3.63) is 33.5 Å². The third-order valence-electron chi connectivity index (χ3n) is 2.00. The summed E-state index contributed by atoms with van der Waals surface area (Å²) in [5.74, 6) is 0.317. The number of halogens is 3. The Hall–Kier alpha value is -1.30. The molecule has 1 heterocycles. The zero-order chi connectivity index (χ0) is 14.7. The van der Waals surface area contributed by atoms with Crippen LogP contribution in [0, 0.1) is 0 Å². The summed E-state index contributed by atoms with van der Waals surface area (Å²) in [4.78, 5) is 11.7. The molecule has 0 atom stereocenters. The van der Waals surface area contributed by atoms with Gasteiger partial charge < -0.3 is 9.47 Å². The maximum absolute atomic E-state index is 5.99. The van der Waals surface area contributed by atoms with Crippen LogP contribution in [0.3, 0.4) is 0 Å². The van der Waals surface area contributed by atoms with Gasteiger partial charge in [0.15, 0.2) is 5.75 Å². The summed E-state index contributed by atoms with van der Waals surface area (Å²) >= 11 is 17.7. The van der Waals surface area contributed by atoms with Gasteiger partial charge in [-0.3, -0.25) is 0 Å². The Labute approximate surface area is 130 Å². The summed E-state index contributed by atoms with van der Waals surface area (Å²) in [6, 6.07) is 4.85. The van der Waals surface area contributed by atoms with Gasteiger partial charge in [-0.2, -0.15) is 9.97 Å². The zero-order valence-corrected chi connectivity index (χ0v) is 12.9. The van der Waals surface area contributed by atoms with Gasteiger partial charge in [0.25, 0.3) is 0 Å². The molecule has 20 heavy (non-hydrogen) atoms. The Morgan fingerprint density at radius 1 is 1.00 bits per heavy atom. The second-order valence-corrected chi connectivity index (χ2v) is 5.19. The molecule has 0 fully saturated rings. The largest absolute Gasteiger partial charge is 0.461 e. The van der Waals surface area contributed by atoms with Gasteiger partial charge in [-0.25, -0.2) is 0 Å². The molecule has 0 N–H and O–H groups in total. The van der Waals surface area contributed by atoms with Crippen LogP contribution in [0.5, 0.6) is 17.8 Å². The number of hydrogen-bond acceptors (Lipinski definition) is 5. The SMILES string of the molecule is CC(C)Oc1nc(Cl)nc(Oc2cc(Cl)ccc2Cl)n1. The predicted molar refractivity (Wildman–Crippen MR) is 77.1 cm³/mol. The van der Waals surface area contributed by atoms with Crippen molar-refractivity contribution in [3.8, 4) is 17.8 Å². The molecular weight excluding hydrogens is 325 g/mol. The summed E-state index contributed by atoms with van der Waals surface area (Å²) in [5.41, 5.74) is 0. The van der Waals surface area contributed by atoms with Crippen molar-refractivity contribution in [3.63, 3.8) is 0 Å². The van der Waals surface area contributed by atoms with Crippen molar-refractivity contribution in [1.82, 2.24) is 15.0 Å². The molecule has 0 unspecified atom stereocenters. The minimum absolute atomic E-state index is 0.0233. The van der Waals surface area contributed by atoms with Crippen molar-refractivity contribution in [2.45, 2.75) is 20.0 Å². The molecule has 5 nitrogen and oxygen atoms in total. The Balaban J connectivity index is 2.28. The number of hydrogen-bond donors (Lipinski definition) is 0. The molecule has 0 bridgehead atoms. The molecule has 106 valence electrons. The van der Waals surface area contributed by atoms with E-state index in [1.165, 1.54) is 0 Å². The fourth-order valence-electron chi connectivity index (χ4n) is 1.28. The zero-order valence-electron chi connectivity index (χ0n) is 10.6. The molecule has 8 heteroatoms. The minimum Gasteiger partial charge on any atom is -0.461 e. The molecule has 0 aliphatic rings. The van der Waals surface area contributed by atoms with Crippen molar-refractivity contribution >= 4 is 34.8 Å². The first kappa shape index (κ1) is 15.1. The van der Waals surface area contributed by atoms with E-state index in [4.69, 9.17) is 44.3 Å². The highest BCUT2D eigenvalue weighted by molar-refractivity contribution is 6.34. The van der Waals surface area contributed by atoms with Gasteiger partial charge in [-0.05, 0) is 37.6 Å². The van der Waals surface area contributed by atoms with Gasteiger partial charge in [0.2, 0.25) is 5.28 Å². The van der Waals surface area contributed by atoms with Gasteiger partial charge in [-0.15, -0.1) is 4.98 Å². The van der Waals surface area contributed by atoms with E-state index in [9.17, 15) is 0 Å². The van der Waals surface area contributed by atoms with Crippen molar-refractivity contribution in [2.24, 2.45) is 0 Å². The van der Waals surface area contributed by atoms with Crippen molar-refractivity contribution in [2.75, 3.05) is 0 Å². The fraction of sp³-hybridized carbons (Fsp3) is 0.250. The van der Waals surface area contributed by atoms with Crippen LogP contribution in [0.1, 0.15) is 13.8 Å². The van der Waals surface area contributed by atoms with Crippen LogP contribution >= 0.6 is 34.8 Å². The Bertz CT molecular complexity index is 623. The molecule has 0 aliphatic carbocycles. The van der Waals surface area contributed by atoms with Crippen LogP contribution in [0.15, 0.2) is 18.2 Å². The van der Waals surface area contributed by atoms with Crippen LogP contribution in [0.25, 0.3) is 0 Å². The predicted octanol–water partition coefficient (Wildman–Crippen LogP) is 4.41. The average Bonchev–Trinajstić information content (AvgIpc) is 2.32. The molecule has 0 amide bonds. The average molecular weight is 335 g/mol. The summed E-state index contributed by atoms with van der Waals surface area (Å²) in [5, 5.41) is 0.810. The molecule has 0 saturated carbocycles. The van der Waals surface area contributed by atoms with E-state index in [-0.39, 0.29) is 23.4 Å². The maximum atomic E-state index is 5.99. The van der Waals surface area contributed by atoms with E-state index >= 15 is 0 Å². The topological polar surface area (TPSA) is 57.1 Å². The van der Waals surface area contributed by atoms with E-state index in [2.05, 4.69) is 15.0 Å². The Morgan fingerprint density at radius 2 is 1.70 bits per heavy atom. The Kier molecular flexibility index (Phi) is 4.86. The van der Waals surface area contributed by atoms with Gasteiger partial charge in [0, 0.05) is 11.1 Å². The lowest BCUT2D eigenvalue weighted by atomic mass is 10.3. The molecule has 0 spiro atoms. The van der Waals surface area contributed by atoms with E-state index in [0.717, 1.165) is 0 Å². The highest BCUT2D eigenvalue weighted by atomic mass is 35.5. The number of benzene rings is 1. The summed E-state index contributed by atoms with van der Waals surface area (Å²) in [6.45, 7) is 3.68. The second kappa shape index (κ2) is 6.43. The lowest BCUT2D eigenvalue weighted by molar-refractivity contribution is 0.218. The van der Waals surface area contributed by atoms with E-state index in [0.29, 0.717) is 15.8 Å². The van der Waals surface area contributed by atoms with Gasteiger partial charge in [-0.1, -0.05) is 23.2 Å². The van der Waals surface area contributed by atoms with E-state index < -0.39 is 0 Å². The number of ether oxygens (including phenoxy) is 2. The van der Waals surface area contributed by atoms with Gasteiger partial charge in [0.05, 0.1) is 11.1 Å². The summed E-state index contributed by atoms with van der Waals surface area (Å²) in [6.07, 6.45) is -0.101. The summed E-state index contributed by atoms with van der Waals surface area (Å²) < 4.78 is 10.8. The number of aromatic nitrogens is 3. The third-order valence-corrected chi connectivity index (χ3v) is 2.72. The van der Waals surface area contributed by atoms with Crippen LogP contribution in [-0.4, -0.2) is 21.1 Å². The maximum Gasteiger partial charge on any atom is 0.329 e. The first-order valence-electron chi connectivity index (χ1n) is 5.65. The third kappa shape index (κ3) is 4.10. The van der Waals surface area contributed by atoms with Gasteiger partial charge >= 0.3 is 12.0 Å². The number of nitrogens with zero attached hydrogens (tertiary/aromatic N) is 3. The van der Waals surface area contributed by atoms with E-state index in [1.54, 1.807) is 18.2 Å².